The van der Waals surface area contributed by atoms with Crippen LogP contribution in [0.4, 0.5) is 5.82 Å². The van der Waals surface area contributed by atoms with E-state index in [1.54, 1.807) is 30.7 Å². The minimum Gasteiger partial charge on any atom is -0.507 e. The van der Waals surface area contributed by atoms with E-state index in [1.807, 2.05) is 34.7 Å². The number of benzene rings is 1. The van der Waals surface area contributed by atoms with Crippen molar-refractivity contribution in [2.45, 2.75) is 6.54 Å². The minimum atomic E-state index is 0.174. The van der Waals surface area contributed by atoms with E-state index in [0.29, 0.717) is 22.8 Å². The van der Waals surface area contributed by atoms with E-state index in [-0.39, 0.29) is 5.75 Å². The fourth-order valence-electron chi connectivity index (χ4n) is 2.63. The molecule has 0 saturated heterocycles. The Morgan fingerprint density at radius 1 is 1.12 bits per heavy atom. The number of imidazole rings is 1. The molecule has 0 aliphatic carbocycles. The van der Waals surface area contributed by atoms with Gasteiger partial charge >= 0.3 is 0 Å². The van der Waals surface area contributed by atoms with E-state index in [1.165, 1.54) is 0 Å². The lowest BCUT2D eigenvalue weighted by atomic mass is 10.1. The van der Waals surface area contributed by atoms with E-state index in [4.69, 9.17) is 16.0 Å². The molecule has 120 valence electrons. The number of aromatic hydroxyl groups is 1. The molecule has 24 heavy (non-hydrogen) atoms. The van der Waals surface area contributed by atoms with Gasteiger partial charge in [0.05, 0.1) is 17.8 Å². The molecule has 5 nitrogen and oxygen atoms in total. The molecule has 0 saturated carbocycles. The highest BCUT2D eigenvalue weighted by atomic mass is 35.5. The van der Waals surface area contributed by atoms with Crippen LogP contribution >= 0.6 is 11.6 Å². The molecule has 0 amide bonds. The van der Waals surface area contributed by atoms with Crippen molar-refractivity contribution in [3.63, 3.8) is 0 Å². The van der Waals surface area contributed by atoms with E-state index < -0.39 is 0 Å². The zero-order valence-electron chi connectivity index (χ0n) is 12.6. The number of hydrogen-bond donors (Lipinski definition) is 2. The van der Waals surface area contributed by atoms with Gasteiger partial charge in [-0.25, -0.2) is 4.98 Å². The van der Waals surface area contributed by atoms with Crippen molar-refractivity contribution in [3.05, 3.63) is 71.8 Å². The van der Waals surface area contributed by atoms with Crippen LogP contribution < -0.4 is 5.32 Å². The van der Waals surface area contributed by atoms with E-state index >= 15 is 0 Å². The third kappa shape index (κ3) is 2.59. The Bertz CT molecular complexity index is 993. The van der Waals surface area contributed by atoms with Gasteiger partial charge in [-0.1, -0.05) is 23.7 Å². The lowest BCUT2D eigenvalue weighted by Gasteiger charge is -2.08. The largest absolute Gasteiger partial charge is 0.507 e. The molecule has 4 aromatic rings. The van der Waals surface area contributed by atoms with Gasteiger partial charge in [-0.3, -0.25) is 4.40 Å². The lowest BCUT2D eigenvalue weighted by molar-refractivity contribution is 0.477. The van der Waals surface area contributed by atoms with Crippen molar-refractivity contribution in [1.29, 1.82) is 0 Å². The van der Waals surface area contributed by atoms with Crippen molar-refractivity contribution >= 4 is 23.1 Å². The highest BCUT2D eigenvalue weighted by Crippen LogP contribution is 2.35. The number of fused-ring (bicyclic) bond motifs is 1. The van der Waals surface area contributed by atoms with Crippen LogP contribution in [0.5, 0.6) is 5.75 Å². The van der Waals surface area contributed by atoms with Gasteiger partial charge in [0.2, 0.25) is 0 Å². The van der Waals surface area contributed by atoms with Crippen LogP contribution in [0.15, 0.2) is 65.4 Å². The summed E-state index contributed by atoms with van der Waals surface area (Å²) in [5.41, 5.74) is 2.04. The number of halogens is 1. The first-order valence-corrected chi connectivity index (χ1v) is 7.82. The van der Waals surface area contributed by atoms with E-state index in [9.17, 15) is 5.11 Å². The Hall–Kier alpha value is -2.92. The van der Waals surface area contributed by atoms with Crippen molar-refractivity contribution < 1.29 is 9.52 Å². The molecule has 6 heteroatoms. The molecule has 1 aromatic carbocycles. The molecule has 0 unspecified atom stereocenters. The summed E-state index contributed by atoms with van der Waals surface area (Å²) in [4.78, 5) is 4.64. The van der Waals surface area contributed by atoms with Crippen LogP contribution in [-0.2, 0) is 6.54 Å². The average Bonchev–Trinajstić information content (AvgIpc) is 3.21. The normalized spacial score (nSPS) is 11.0. The summed E-state index contributed by atoms with van der Waals surface area (Å²) >= 11 is 6.13. The predicted molar refractivity (Wildman–Crippen MR) is 93.3 cm³/mol. The molecule has 0 atom stereocenters. The Balaban J connectivity index is 1.85. The van der Waals surface area contributed by atoms with Gasteiger partial charge in [0.15, 0.2) is 0 Å². The highest BCUT2D eigenvalue weighted by Gasteiger charge is 2.17. The summed E-state index contributed by atoms with van der Waals surface area (Å²) in [5, 5.41) is 14.1. The third-order valence-electron chi connectivity index (χ3n) is 3.75. The second kappa shape index (κ2) is 5.94. The van der Waals surface area contributed by atoms with Crippen LogP contribution in [0.2, 0.25) is 5.02 Å². The van der Waals surface area contributed by atoms with E-state index in [2.05, 4.69) is 10.3 Å². The standard InChI is InChI=1S/C18H14ClN3O2/c19-12-7-8-16-21-17(14-5-1-2-6-15(14)23)18(22(16)11-12)20-10-13-4-3-9-24-13/h1-9,11,20,23H,10H2. The van der Waals surface area contributed by atoms with Crippen LogP contribution in [0.1, 0.15) is 5.76 Å². The van der Waals surface area contributed by atoms with Gasteiger partial charge in [-0.05, 0) is 36.4 Å². The number of phenolic OH excluding ortho intramolecular Hbond substituents is 1. The molecular weight excluding hydrogens is 326 g/mol. The van der Waals surface area contributed by atoms with E-state index in [0.717, 1.165) is 17.2 Å². The lowest BCUT2D eigenvalue weighted by Crippen LogP contribution is -2.02. The second-order valence-corrected chi connectivity index (χ2v) is 5.77. The molecule has 0 aliphatic rings. The van der Waals surface area contributed by atoms with Crippen LogP contribution in [0.3, 0.4) is 0 Å². The monoisotopic (exact) mass is 339 g/mol. The maximum absolute atomic E-state index is 10.2. The van der Waals surface area contributed by atoms with Gasteiger partial charge < -0.3 is 14.8 Å². The first-order chi connectivity index (χ1) is 11.7. The Morgan fingerprint density at radius 3 is 2.79 bits per heavy atom. The summed E-state index contributed by atoms with van der Waals surface area (Å²) in [6, 6.07) is 14.5. The smallest absolute Gasteiger partial charge is 0.139 e. The minimum absolute atomic E-state index is 0.174. The molecule has 0 radical (unpaired) electrons. The first-order valence-electron chi connectivity index (χ1n) is 7.44. The Morgan fingerprint density at radius 2 is 2.00 bits per heavy atom. The van der Waals surface area contributed by atoms with Gasteiger partial charge in [-0.2, -0.15) is 0 Å². The quantitative estimate of drug-likeness (QED) is 0.572. The Labute approximate surface area is 143 Å². The predicted octanol–water partition coefficient (Wildman–Crippen LogP) is 4.57. The van der Waals surface area contributed by atoms with Gasteiger partial charge in [0.1, 0.15) is 28.7 Å². The molecule has 0 bridgehead atoms. The molecule has 0 aliphatic heterocycles. The fraction of sp³-hybridized carbons (Fsp3) is 0.0556. The molecule has 3 heterocycles. The topological polar surface area (TPSA) is 62.7 Å². The SMILES string of the molecule is Oc1ccccc1-c1nc2ccc(Cl)cn2c1NCc1ccco1. The first kappa shape index (κ1) is 14.7. The number of nitrogens with one attached hydrogen (secondary N) is 1. The summed E-state index contributed by atoms with van der Waals surface area (Å²) in [7, 11) is 0. The van der Waals surface area contributed by atoms with Crippen molar-refractivity contribution in [3.8, 4) is 17.0 Å². The Kier molecular flexibility index (Phi) is 3.63. The molecule has 0 spiro atoms. The van der Waals surface area contributed by atoms with Gasteiger partial charge in [0, 0.05) is 11.8 Å². The van der Waals surface area contributed by atoms with Gasteiger partial charge in [0.25, 0.3) is 0 Å². The van der Waals surface area contributed by atoms with Gasteiger partial charge in [-0.15, -0.1) is 0 Å². The summed E-state index contributed by atoms with van der Waals surface area (Å²) in [5.74, 6) is 1.72. The van der Waals surface area contributed by atoms with Crippen LogP contribution in [0.25, 0.3) is 16.9 Å². The van der Waals surface area contributed by atoms with Crippen molar-refractivity contribution in [2.75, 3.05) is 5.32 Å². The molecule has 3 aromatic heterocycles. The number of aromatic nitrogens is 2. The van der Waals surface area contributed by atoms with Crippen molar-refractivity contribution in [2.24, 2.45) is 0 Å². The number of nitrogens with zero attached hydrogens (tertiary/aromatic N) is 2. The number of pyridine rings is 1. The number of hydrogen-bond acceptors (Lipinski definition) is 4. The number of para-hydroxylation sites is 1. The number of furan rings is 1. The molecular formula is C18H14ClN3O2. The third-order valence-corrected chi connectivity index (χ3v) is 3.98. The number of rotatable bonds is 4. The van der Waals surface area contributed by atoms with Crippen LogP contribution in [-0.4, -0.2) is 14.5 Å². The maximum Gasteiger partial charge on any atom is 0.139 e. The molecule has 4 rings (SSSR count). The molecule has 0 fully saturated rings. The zero-order chi connectivity index (χ0) is 16.5. The maximum atomic E-state index is 10.2. The second-order valence-electron chi connectivity index (χ2n) is 5.33. The number of anilines is 1. The highest BCUT2D eigenvalue weighted by molar-refractivity contribution is 6.30. The molecule has 2 N–H and O–H groups in total. The summed E-state index contributed by atoms with van der Waals surface area (Å²) < 4.78 is 7.24. The fourth-order valence-corrected chi connectivity index (χ4v) is 2.79. The van der Waals surface area contributed by atoms with Crippen molar-refractivity contribution in [1.82, 2.24) is 9.38 Å². The number of phenols is 1. The zero-order valence-corrected chi connectivity index (χ0v) is 13.4. The summed E-state index contributed by atoms with van der Waals surface area (Å²) in [6.45, 7) is 0.494. The average molecular weight is 340 g/mol. The van der Waals surface area contributed by atoms with Crippen LogP contribution in [0, 0.1) is 0 Å². The summed E-state index contributed by atoms with van der Waals surface area (Å²) in [6.07, 6.45) is 3.42.